The highest BCUT2D eigenvalue weighted by atomic mass is 19.1. The van der Waals surface area contributed by atoms with Crippen molar-refractivity contribution < 1.29 is 9.18 Å². The molecule has 0 spiro atoms. The third kappa shape index (κ3) is 1.88. The minimum Gasteiger partial charge on any atom is -0.385 e. The summed E-state index contributed by atoms with van der Waals surface area (Å²) < 4.78 is 13.3. The number of carbonyl (C=O) groups is 1. The van der Waals surface area contributed by atoms with Crippen molar-refractivity contribution in [1.82, 2.24) is 4.90 Å². The number of rotatable bonds is 2. The number of hydrogen-bond donors (Lipinski definition) is 1. The first-order valence-electron chi connectivity index (χ1n) is 5.45. The van der Waals surface area contributed by atoms with Gasteiger partial charge in [-0.25, -0.2) is 9.18 Å². The Morgan fingerprint density at radius 2 is 2.24 bits per heavy atom. The Hall–Kier alpha value is -1.91. The maximum Gasteiger partial charge on any atom is 0.346 e. The van der Waals surface area contributed by atoms with E-state index < -0.39 is 6.04 Å². The normalized spacial score (nSPS) is 19.7. The van der Waals surface area contributed by atoms with Crippen molar-refractivity contribution >= 4 is 11.9 Å². The highest BCUT2D eigenvalue weighted by molar-refractivity contribution is 6.03. The Balaban J connectivity index is 2.48. The van der Waals surface area contributed by atoms with Crippen LogP contribution in [0, 0.1) is 12.7 Å². The number of carbonyl (C=O) groups excluding carboxylic acids is 1. The number of hydrogen-bond acceptors (Lipinski definition) is 2. The topological polar surface area (TPSA) is 58.7 Å². The van der Waals surface area contributed by atoms with Crippen LogP contribution in [-0.4, -0.2) is 23.3 Å². The molecule has 0 radical (unpaired) electrons. The van der Waals surface area contributed by atoms with Gasteiger partial charge in [-0.05, 0) is 37.1 Å². The van der Waals surface area contributed by atoms with Crippen LogP contribution in [0.5, 0.6) is 0 Å². The summed E-state index contributed by atoms with van der Waals surface area (Å²) >= 11 is 0. The molecule has 0 saturated carbocycles. The molecule has 0 aromatic heterocycles. The quantitative estimate of drug-likeness (QED) is 0.852. The van der Waals surface area contributed by atoms with Crippen molar-refractivity contribution in [3.63, 3.8) is 0 Å². The first kappa shape index (κ1) is 11.6. The zero-order valence-corrected chi connectivity index (χ0v) is 9.77. The Morgan fingerprint density at radius 3 is 2.88 bits per heavy atom. The van der Waals surface area contributed by atoms with Crippen molar-refractivity contribution in [3.8, 4) is 0 Å². The number of urea groups is 1. The molecule has 0 fully saturated rings. The molecule has 17 heavy (non-hydrogen) atoms. The Bertz CT molecular complexity index is 499. The van der Waals surface area contributed by atoms with Gasteiger partial charge in [0.2, 0.25) is 0 Å². The van der Waals surface area contributed by atoms with Gasteiger partial charge in [0.1, 0.15) is 17.7 Å². The maximum atomic E-state index is 13.3. The lowest BCUT2D eigenvalue weighted by atomic mass is 10.00. The van der Waals surface area contributed by atoms with E-state index in [1.807, 2.05) is 13.8 Å². The second-order valence-electron chi connectivity index (χ2n) is 4.01. The van der Waals surface area contributed by atoms with Crippen LogP contribution >= 0.6 is 0 Å². The number of benzene rings is 1. The van der Waals surface area contributed by atoms with E-state index in [-0.39, 0.29) is 17.7 Å². The summed E-state index contributed by atoms with van der Waals surface area (Å²) in [6.45, 7) is 4.19. The van der Waals surface area contributed by atoms with Crippen LogP contribution in [-0.2, 0) is 0 Å². The van der Waals surface area contributed by atoms with Gasteiger partial charge >= 0.3 is 6.03 Å². The summed E-state index contributed by atoms with van der Waals surface area (Å²) in [4.78, 5) is 16.8. The minimum absolute atomic E-state index is 0.227. The molecule has 1 aromatic rings. The number of nitrogens with zero attached hydrogens (tertiary/aromatic N) is 2. The summed E-state index contributed by atoms with van der Waals surface area (Å²) in [7, 11) is 0. The Kier molecular flexibility index (Phi) is 2.83. The molecule has 2 N–H and O–H groups in total. The van der Waals surface area contributed by atoms with Crippen molar-refractivity contribution in [2.24, 2.45) is 10.7 Å². The molecule has 4 nitrogen and oxygen atoms in total. The smallest absolute Gasteiger partial charge is 0.346 e. The van der Waals surface area contributed by atoms with E-state index in [2.05, 4.69) is 4.99 Å². The molecule has 90 valence electrons. The highest BCUT2D eigenvalue weighted by Crippen LogP contribution is 2.29. The third-order valence-corrected chi connectivity index (χ3v) is 2.94. The number of nitrogens with two attached hydrogens (primary N) is 1. The van der Waals surface area contributed by atoms with Gasteiger partial charge < -0.3 is 10.6 Å². The van der Waals surface area contributed by atoms with Crippen molar-refractivity contribution in [2.75, 3.05) is 6.54 Å². The summed E-state index contributed by atoms with van der Waals surface area (Å²) in [5.74, 6) is -0.112. The fourth-order valence-corrected chi connectivity index (χ4v) is 2.06. The molecule has 0 aliphatic carbocycles. The standard InChI is InChI=1S/C12H14FN3O/c1-3-16-10(11(14)15-12(16)17)9-6-8(13)5-4-7(9)2/h4-6,10H,3H2,1-2H3,(H2,14,15,17). The summed E-state index contributed by atoms with van der Waals surface area (Å²) in [5, 5.41) is 0. The van der Waals surface area contributed by atoms with Gasteiger partial charge in [-0.2, -0.15) is 4.99 Å². The molecule has 1 heterocycles. The number of aliphatic imine (C=N–C) groups is 1. The SMILES string of the molecule is CCN1C(=O)N=C(N)C1c1cc(F)ccc1C. The average molecular weight is 235 g/mol. The summed E-state index contributed by atoms with van der Waals surface area (Å²) in [6, 6.07) is 3.67. The zero-order valence-electron chi connectivity index (χ0n) is 9.77. The van der Waals surface area contributed by atoms with E-state index in [0.29, 0.717) is 12.1 Å². The molecule has 1 atom stereocenters. The van der Waals surface area contributed by atoms with Crippen LogP contribution in [0.1, 0.15) is 24.1 Å². The molecule has 1 unspecified atom stereocenters. The molecule has 0 bridgehead atoms. The molecule has 1 aliphatic heterocycles. The van der Waals surface area contributed by atoms with Gasteiger partial charge in [-0.3, -0.25) is 0 Å². The van der Waals surface area contributed by atoms with Gasteiger partial charge in [0, 0.05) is 6.54 Å². The number of amides is 2. The van der Waals surface area contributed by atoms with E-state index >= 15 is 0 Å². The molecular weight excluding hydrogens is 221 g/mol. The second-order valence-corrected chi connectivity index (χ2v) is 4.01. The van der Waals surface area contributed by atoms with Crippen LogP contribution in [0.15, 0.2) is 23.2 Å². The molecule has 2 amide bonds. The monoisotopic (exact) mass is 235 g/mol. The lowest BCUT2D eigenvalue weighted by Gasteiger charge is -2.24. The van der Waals surface area contributed by atoms with E-state index in [1.165, 1.54) is 17.0 Å². The van der Waals surface area contributed by atoms with Gasteiger partial charge in [0.15, 0.2) is 0 Å². The van der Waals surface area contributed by atoms with Gasteiger partial charge in [0.05, 0.1) is 0 Å². The van der Waals surface area contributed by atoms with Crippen LogP contribution in [0.25, 0.3) is 0 Å². The van der Waals surface area contributed by atoms with Gasteiger partial charge in [-0.15, -0.1) is 0 Å². The van der Waals surface area contributed by atoms with Gasteiger partial charge in [-0.1, -0.05) is 6.07 Å². The molecule has 2 rings (SSSR count). The van der Waals surface area contributed by atoms with E-state index in [9.17, 15) is 9.18 Å². The van der Waals surface area contributed by atoms with E-state index in [1.54, 1.807) is 6.07 Å². The fraction of sp³-hybridized carbons (Fsp3) is 0.333. The van der Waals surface area contributed by atoms with Gasteiger partial charge in [0.25, 0.3) is 0 Å². The van der Waals surface area contributed by atoms with Crippen LogP contribution in [0.3, 0.4) is 0 Å². The Labute approximate surface area is 98.9 Å². The van der Waals surface area contributed by atoms with Crippen molar-refractivity contribution in [3.05, 3.63) is 35.1 Å². The van der Waals surface area contributed by atoms with Crippen molar-refractivity contribution in [1.29, 1.82) is 0 Å². The Morgan fingerprint density at radius 1 is 1.53 bits per heavy atom. The zero-order chi connectivity index (χ0) is 12.6. The maximum absolute atomic E-state index is 13.3. The molecule has 1 aromatic carbocycles. The first-order chi connectivity index (χ1) is 8.04. The molecule has 5 heteroatoms. The fourth-order valence-electron chi connectivity index (χ4n) is 2.06. The third-order valence-electron chi connectivity index (χ3n) is 2.94. The average Bonchev–Trinajstić information content (AvgIpc) is 2.56. The highest BCUT2D eigenvalue weighted by Gasteiger charge is 2.34. The predicted molar refractivity (Wildman–Crippen MR) is 63.3 cm³/mol. The molecule has 1 aliphatic rings. The second kappa shape index (κ2) is 4.16. The number of halogens is 1. The number of amidine groups is 1. The predicted octanol–water partition coefficient (Wildman–Crippen LogP) is 1.99. The van der Waals surface area contributed by atoms with Crippen LogP contribution < -0.4 is 5.73 Å². The minimum atomic E-state index is -0.441. The first-order valence-corrected chi connectivity index (χ1v) is 5.45. The van der Waals surface area contributed by atoms with Crippen LogP contribution in [0.2, 0.25) is 0 Å². The van der Waals surface area contributed by atoms with E-state index in [4.69, 9.17) is 5.73 Å². The lowest BCUT2D eigenvalue weighted by molar-refractivity contribution is 0.209. The van der Waals surface area contributed by atoms with Crippen molar-refractivity contribution in [2.45, 2.75) is 19.9 Å². The number of aryl methyl sites for hydroxylation is 1. The number of likely N-dealkylation sites (N-methyl/N-ethyl adjacent to an activating group) is 1. The van der Waals surface area contributed by atoms with E-state index in [0.717, 1.165) is 5.56 Å². The largest absolute Gasteiger partial charge is 0.385 e. The summed E-state index contributed by atoms with van der Waals surface area (Å²) in [6.07, 6.45) is 0. The molecule has 0 saturated heterocycles. The lowest BCUT2D eigenvalue weighted by Crippen LogP contribution is -2.33. The van der Waals surface area contributed by atoms with Crippen LogP contribution in [0.4, 0.5) is 9.18 Å². The molecular formula is C12H14FN3O. The summed E-state index contributed by atoms with van der Waals surface area (Å²) in [5.41, 5.74) is 7.34.